The third-order valence-electron chi connectivity index (χ3n) is 3.12. The maximum absolute atomic E-state index is 12.6. The Hall–Kier alpha value is -1.49. The molecule has 1 aliphatic heterocycles. The van der Waals surface area contributed by atoms with Gasteiger partial charge in [-0.05, 0) is 25.0 Å². The second kappa shape index (κ2) is 6.31. The number of ether oxygens (including phenoxy) is 1. The molecule has 0 saturated heterocycles. The predicted molar refractivity (Wildman–Crippen MR) is 79.9 cm³/mol. The highest BCUT2D eigenvalue weighted by Gasteiger charge is 2.36. The molecule has 108 valence electrons. The van der Waals surface area contributed by atoms with Gasteiger partial charge in [0.05, 0.1) is 17.5 Å². The monoisotopic (exact) mass is 293 g/mol. The van der Waals surface area contributed by atoms with Crippen molar-refractivity contribution in [2.75, 3.05) is 18.1 Å². The smallest absolute Gasteiger partial charge is 0.326 e. The normalized spacial score (nSPS) is 18.1. The van der Waals surface area contributed by atoms with Crippen molar-refractivity contribution in [1.29, 1.82) is 0 Å². The number of nitrogens with zero attached hydrogens (tertiary/aromatic N) is 1. The lowest BCUT2D eigenvalue weighted by Crippen LogP contribution is -2.45. The first-order chi connectivity index (χ1) is 9.54. The van der Waals surface area contributed by atoms with E-state index in [9.17, 15) is 9.59 Å². The molecule has 0 N–H and O–H groups in total. The van der Waals surface area contributed by atoms with E-state index in [0.29, 0.717) is 6.61 Å². The highest BCUT2D eigenvalue weighted by Crippen LogP contribution is 2.41. The van der Waals surface area contributed by atoms with Crippen LogP contribution in [0.1, 0.15) is 20.8 Å². The van der Waals surface area contributed by atoms with Gasteiger partial charge in [0.25, 0.3) is 0 Å². The molecule has 1 aliphatic rings. The summed E-state index contributed by atoms with van der Waals surface area (Å²) >= 11 is 1.57. The van der Waals surface area contributed by atoms with Crippen molar-refractivity contribution in [1.82, 2.24) is 0 Å². The molecule has 1 heterocycles. The maximum Gasteiger partial charge on any atom is 0.326 e. The number of rotatable bonds is 4. The molecule has 0 radical (unpaired) electrons. The van der Waals surface area contributed by atoms with Gasteiger partial charge in [0.15, 0.2) is 0 Å². The second-order valence-electron chi connectivity index (χ2n) is 4.98. The van der Waals surface area contributed by atoms with E-state index >= 15 is 0 Å². The van der Waals surface area contributed by atoms with Gasteiger partial charge in [-0.1, -0.05) is 26.0 Å². The Balaban J connectivity index is 2.31. The lowest BCUT2D eigenvalue weighted by molar-refractivity contribution is -0.142. The zero-order valence-electron chi connectivity index (χ0n) is 12.0. The van der Waals surface area contributed by atoms with Crippen molar-refractivity contribution in [2.45, 2.75) is 30.9 Å². The van der Waals surface area contributed by atoms with Crippen LogP contribution in [0.25, 0.3) is 0 Å². The minimum Gasteiger partial charge on any atom is -0.465 e. The Bertz CT molecular complexity index is 516. The van der Waals surface area contributed by atoms with Gasteiger partial charge in [0.1, 0.15) is 6.54 Å². The van der Waals surface area contributed by atoms with Crippen LogP contribution >= 0.6 is 11.8 Å². The van der Waals surface area contributed by atoms with Crippen LogP contribution in [0.4, 0.5) is 5.69 Å². The van der Waals surface area contributed by atoms with Crippen molar-refractivity contribution >= 4 is 29.3 Å². The van der Waals surface area contributed by atoms with Gasteiger partial charge in [0, 0.05) is 4.90 Å². The summed E-state index contributed by atoms with van der Waals surface area (Å²) < 4.78 is 4.96. The number of anilines is 1. The number of thioether (sulfide) groups is 1. The summed E-state index contributed by atoms with van der Waals surface area (Å²) in [5.41, 5.74) is 0.799. The van der Waals surface area contributed by atoms with E-state index in [-0.39, 0.29) is 29.6 Å². The molecule has 1 aromatic rings. The van der Waals surface area contributed by atoms with E-state index in [1.54, 1.807) is 23.6 Å². The quantitative estimate of drug-likeness (QED) is 0.801. The summed E-state index contributed by atoms with van der Waals surface area (Å²) in [6.45, 7) is 6.10. The van der Waals surface area contributed by atoms with Gasteiger partial charge < -0.3 is 4.74 Å². The standard InChI is InChI=1S/C15H19NO3S/c1-4-19-13(17)9-16-11-7-5-6-8-12(11)20-14(10(2)3)15(16)18/h5-8,10,14H,4,9H2,1-3H3. The molecule has 0 aliphatic carbocycles. The Morgan fingerprint density at radius 3 is 2.75 bits per heavy atom. The van der Waals surface area contributed by atoms with Gasteiger partial charge in [-0.25, -0.2) is 0 Å². The van der Waals surface area contributed by atoms with Crippen molar-refractivity contribution < 1.29 is 14.3 Å². The van der Waals surface area contributed by atoms with E-state index in [2.05, 4.69) is 0 Å². The molecule has 20 heavy (non-hydrogen) atoms. The number of hydrogen-bond donors (Lipinski definition) is 0. The SMILES string of the molecule is CCOC(=O)CN1C(=O)C(C(C)C)Sc2ccccc21. The summed E-state index contributed by atoms with van der Waals surface area (Å²) in [5.74, 6) is -0.174. The topological polar surface area (TPSA) is 46.6 Å². The third kappa shape index (κ3) is 2.98. The fourth-order valence-electron chi connectivity index (χ4n) is 2.16. The van der Waals surface area contributed by atoms with Crippen LogP contribution in [0.2, 0.25) is 0 Å². The van der Waals surface area contributed by atoms with Crippen LogP contribution in [-0.2, 0) is 14.3 Å². The molecule has 4 nitrogen and oxygen atoms in total. The first-order valence-electron chi connectivity index (χ1n) is 6.77. The Kier molecular flexibility index (Phi) is 4.70. The van der Waals surface area contributed by atoms with Crippen LogP contribution in [-0.4, -0.2) is 30.3 Å². The number of carbonyl (C=O) groups excluding carboxylic acids is 2. The van der Waals surface area contributed by atoms with Crippen molar-refractivity contribution in [3.05, 3.63) is 24.3 Å². The molecular formula is C15H19NO3S. The average molecular weight is 293 g/mol. The van der Waals surface area contributed by atoms with Crippen molar-refractivity contribution in [3.63, 3.8) is 0 Å². The molecule has 0 saturated carbocycles. The molecule has 0 aromatic heterocycles. The fourth-order valence-corrected chi connectivity index (χ4v) is 3.39. The Morgan fingerprint density at radius 2 is 2.10 bits per heavy atom. The fraction of sp³-hybridized carbons (Fsp3) is 0.467. The third-order valence-corrected chi connectivity index (χ3v) is 4.72. The van der Waals surface area contributed by atoms with Crippen LogP contribution in [0.15, 0.2) is 29.2 Å². The summed E-state index contributed by atoms with van der Waals surface area (Å²) in [4.78, 5) is 26.9. The number of esters is 1. The van der Waals surface area contributed by atoms with Crippen LogP contribution in [0, 0.1) is 5.92 Å². The Labute approximate surface area is 123 Å². The van der Waals surface area contributed by atoms with Crippen LogP contribution in [0.3, 0.4) is 0 Å². The largest absolute Gasteiger partial charge is 0.465 e. The van der Waals surface area contributed by atoms with E-state index in [1.807, 2.05) is 38.1 Å². The number of amides is 1. The lowest BCUT2D eigenvalue weighted by Gasteiger charge is -2.34. The van der Waals surface area contributed by atoms with E-state index in [4.69, 9.17) is 4.74 Å². The number of para-hydroxylation sites is 1. The van der Waals surface area contributed by atoms with Gasteiger partial charge in [0.2, 0.25) is 5.91 Å². The molecule has 1 atom stereocenters. The summed E-state index contributed by atoms with van der Waals surface area (Å²) in [7, 11) is 0. The van der Waals surface area contributed by atoms with Crippen LogP contribution < -0.4 is 4.90 Å². The summed E-state index contributed by atoms with van der Waals surface area (Å²) in [5, 5.41) is -0.153. The average Bonchev–Trinajstić information content (AvgIpc) is 2.41. The number of hydrogen-bond acceptors (Lipinski definition) is 4. The van der Waals surface area contributed by atoms with Gasteiger partial charge in [-0.15, -0.1) is 11.8 Å². The zero-order valence-corrected chi connectivity index (χ0v) is 12.8. The van der Waals surface area contributed by atoms with Crippen LogP contribution in [0.5, 0.6) is 0 Å². The molecule has 1 unspecified atom stereocenters. The number of fused-ring (bicyclic) bond motifs is 1. The van der Waals surface area contributed by atoms with Gasteiger partial charge in [-0.3, -0.25) is 14.5 Å². The minimum absolute atomic E-state index is 0.0169. The molecule has 1 amide bonds. The maximum atomic E-state index is 12.6. The molecule has 0 spiro atoms. The lowest BCUT2D eigenvalue weighted by atomic mass is 10.1. The predicted octanol–water partition coefficient (Wildman–Crippen LogP) is 2.71. The molecule has 2 rings (SSSR count). The molecule has 0 bridgehead atoms. The summed E-state index contributed by atoms with van der Waals surface area (Å²) in [6.07, 6.45) is 0. The number of carbonyl (C=O) groups is 2. The molecule has 0 fully saturated rings. The molecule has 5 heteroatoms. The summed E-state index contributed by atoms with van der Waals surface area (Å²) in [6, 6.07) is 7.68. The first-order valence-corrected chi connectivity index (χ1v) is 7.65. The van der Waals surface area contributed by atoms with E-state index < -0.39 is 0 Å². The van der Waals surface area contributed by atoms with E-state index in [1.165, 1.54) is 0 Å². The van der Waals surface area contributed by atoms with Gasteiger partial charge >= 0.3 is 5.97 Å². The molecular weight excluding hydrogens is 274 g/mol. The first kappa shape index (κ1) is 14.9. The minimum atomic E-state index is -0.370. The van der Waals surface area contributed by atoms with Crippen molar-refractivity contribution in [2.24, 2.45) is 5.92 Å². The highest BCUT2D eigenvalue weighted by atomic mass is 32.2. The zero-order chi connectivity index (χ0) is 14.7. The highest BCUT2D eigenvalue weighted by molar-refractivity contribution is 8.01. The van der Waals surface area contributed by atoms with Crippen molar-refractivity contribution in [3.8, 4) is 0 Å². The molecule has 1 aromatic carbocycles. The van der Waals surface area contributed by atoms with E-state index in [0.717, 1.165) is 10.6 Å². The Morgan fingerprint density at radius 1 is 1.40 bits per heavy atom. The number of benzene rings is 1. The van der Waals surface area contributed by atoms with Gasteiger partial charge in [-0.2, -0.15) is 0 Å². The second-order valence-corrected chi connectivity index (χ2v) is 6.16.